The lowest BCUT2D eigenvalue weighted by Gasteiger charge is -2.04. The highest BCUT2D eigenvalue weighted by Crippen LogP contribution is 2.27. The summed E-state index contributed by atoms with van der Waals surface area (Å²) in [7, 11) is 1.86. The van der Waals surface area contributed by atoms with Crippen LogP contribution in [-0.4, -0.2) is 19.9 Å². The van der Waals surface area contributed by atoms with Gasteiger partial charge in [0.1, 0.15) is 18.6 Å². The molecule has 0 fully saturated rings. The molecule has 3 aromatic rings. The molecule has 0 aliphatic carbocycles. The Labute approximate surface area is 129 Å². The lowest BCUT2D eigenvalue weighted by Crippen LogP contribution is -2.36. The largest absolute Gasteiger partial charge is 0.481 e. The molecule has 0 spiro atoms. The normalized spacial score (nSPS) is 10.9. The minimum Gasteiger partial charge on any atom is -0.481 e. The van der Waals surface area contributed by atoms with E-state index in [1.165, 1.54) is 0 Å². The quantitative estimate of drug-likeness (QED) is 0.733. The predicted molar refractivity (Wildman–Crippen MR) is 82.2 cm³/mol. The van der Waals surface area contributed by atoms with Crippen LogP contribution >= 0.6 is 0 Å². The molecule has 3 rings (SSSR count). The highest BCUT2D eigenvalue weighted by atomic mass is 16.5. The Balaban J connectivity index is 1.94. The van der Waals surface area contributed by atoms with Crippen LogP contribution in [0.25, 0.3) is 11.5 Å². The monoisotopic (exact) mass is 298 g/mol. The Morgan fingerprint density at radius 1 is 1.27 bits per heavy atom. The first-order chi connectivity index (χ1) is 10.7. The Kier molecular flexibility index (Phi) is 3.91. The van der Waals surface area contributed by atoms with E-state index in [0.29, 0.717) is 12.4 Å². The van der Waals surface area contributed by atoms with Crippen LogP contribution in [0.2, 0.25) is 0 Å². The maximum Gasteiger partial charge on any atom is 0.319 e. The fourth-order valence-electron chi connectivity index (χ4n) is 2.42. The highest BCUT2D eigenvalue weighted by Gasteiger charge is 2.28. The maximum absolute atomic E-state index is 6.06. The summed E-state index contributed by atoms with van der Waals surface area (Å²) in [6, 6.07) is 10.1. The van der Waals surface area contributed by atoms with E-state index >= 15 is 0 Å². The number of nitrogens with one attached hydrogen (secondary N) is 1. The third-order valence-electron chi connectivity index (χ3n) is 3.48. The average Bonchev–Trinajstić information content (AvgIpc) is 3.09. The lowest BCUT2D eigenvalue weighted by molar-refractivity contribution is -0.737. The van der Waals surface area contributed by atoms with Crippen molar-refractivity contribution in [1.82, 2.24) is 19.9 Å². The van der Waals surface area contributed by atoms with Crippen LogP contribution in [0.1, 0.15) is 18.2 Å². The van der Waals surface area contributed by atoms with Crippen LogP contribution in [0.5, 0.6) is 5.75 Å². The zero-order chi connectivity index (χ0) is 15.5. The van der Waals surface area contributed by atoms with Gasteiger partial charge in [0.05, 0.1) is 0 Å². The second kappa shape index (κ2) is 6.01. The van der Waals surface area contributed by atoms with Gasteiger partial charge in [0.2, 0.25) is 5.75 Å². The molecule has 114 valence electrons. The van der Waals surface area contributed by atoms with Crippen molar-refractivity contribution in [1.29, 1.82) is 0 Å². The molecule has 0 unspecified atom stereocenters. The van der Waals surface area contributed by atoms with Gasteiger partial charge in [-0.05, 0) is 19.4 Å². The van der Waals surface area contributed by atoms with Gasteiger partial charge in [-0.2, -0.15) is 5.10 Å². The van der Waals surface area contributed by atoms with Gasteiger partial charge in [0, 0.05) is 7.05 Å². The number of aromatic nitrogens is 5. The van der Waals surface area contributed by atoms with E-state index in [2.05, 4.69) is 34.2 Å². The summed E-state index contributed by atoms with van der Waals surface area (Å²) in [6.45, 7) is 5.38. The van der Waals surface area contributed by atoms with E-state index < -0.39 is 0 Å². The van der Waals surface area contributed by atoms with Crippen LogP contribution in [0.3, 0.4) is 0 Å². The average molecular weight is 298 g/mol. The number of ether oxygens (including phenoxy) is 1. The first kappa shape index (κ1) is 14.3. The van der Waals surface area contributed by atoms with Gasteiger partial charge in [0.25, 0.3) is 5.82 Å². The van der Waals surface area contributed by atoms with Gasteiger partial charge in [-0.1, -0.05) is 30.3 Å². The molecule has 6 heteroatoms. The van der Waals surface area contributed by atoms with Crippen LogP contribution in [0, 0.1) is 6.92 Å². The zero-order valence-electron chi connectivity index (χ0n) is 13.1. The number of aryl methyl sites for hydroxylation is 3. The SMILES string of the molecule is CC[n+]1[nH]c(C)c(OCc2ccccc2)c1-c1ncn(C)n1. The van der Waals surface area contributed by atoms with E-state index in [-0.39, 0.29) is 0 Å². The molecule has 2 heterocycles. The number of nitrogens with zero attached hydrogens (tertiary/aromatic N) is 4. The first-order valence-corrected chi connectivity index (χ1v) is 7.34. The van der Waals surface area contributed by atoms with Crippen molar-refractivity contribution in [3.8, 4) is 17.3 Å². The van der Waals surface area contributed by atoms with Gasteiger partial charge in [-0.15, -0.1) is 9.78 Å². The lowest BCUT2D eigenvalue weighted by atomic mass is 10.2. The van der Waals surface area contributed by atoms with Gasteiger partial charge in [-0.3, -0.25) is 4.68 Å². The standard InChI is InChI=1S/C16H19N5O/c1-4-21-14(16-17-11-20(3)19-16)15(12(2)18-21)22-10-13-8-6-5-7-9-13/h5-9,11H,4,10H2,1-3H3/p+1. The topological polar surface area (TPSA) is 59.6 Å². The molecule has 6 nitrogen and oxygen atoms in total. The Bertz CT molecular complexity index is 760. The summed E-state index contributed by atoms with van der Waals surface area (Å²) in [4.78, 5) is 4.35. The van der Waals surface area contributed by atoms with Crippen molar-refractivity contribution in [2.75, 3.05) is 0 Å². The maximum atomic E-state index is 6.06. The van der Waals surface area contributed by atoms with Crippen molar-refractivity contribution in [3.63, 3.8) is 0 Å². The Hall–Kier alpha value is -2.63. The molecule has 0 aliphatic heterocycles. The van der Waals surface area contributed by atoms with Crippen LogP contribution in [0.15, 0.2) is 36.7 Å². The molecule has 0 saturated heterocycles. The van der Waals surface area contributed by atoms with Crippen molar-refractivity contribution in [2.24, 2.45) is 7.05 Å². The van der Waals surface area contributed by atoms with E-state index in [1.807, 2.05) is 36.9 Å². The van der Waals surface area contributed by atoms with Crippen LogP contribution in [0.4, 0.5) is 0 Å². The summed E-state index contributed by atoms with van der Waals surface area (Å²) in [5, 5.41) is 7.71. The molecular weight excluding hydrogens is 278 g/mol. The van der Waals surface area contributed by atoms with Crippen LogP contribution < -0.4 is 9.42 Å². The molecule has 0 aliphatic rings. The summed E-state index contributed by atoms with van der Waals surface area (Å²) in [5.41, 5.74) is 2.99. The number of rotatable bonds is 5. The summed E-state index contributed by atoms with van der Waals surface area (Å²) in [5.74, 6) is 1.47. The van der Waals surface area contributed by atoms with Crippen LogP contribution in [-0.2, 0) is 20.2 Å². The fraction of sp³-hybridized carbons (Fsp3) is 0.312. The van der Waals surface area contributed by atoms with Gasteiger partial charge >= 0.3 is 5.69 Å². The number of hydrogen-bond acceptors (Lipinski definition) is 3. The van der Waals surface area contributed by atoms with E-state index in [1.54, 1.807) is 11.0 Å². The van der Waals surface area contributed by atoms with Gasteiger partial charge in [0.15, 0.2) is 6.54 Å². The zero-order valence-corrected chi connectivity index (χ0v) is 13.1. The molecule has 0 radical (unpaired) electrons. The molecular formula is C16H20N5O+. The first-order valence-electron chi connectivity index (χ1n) is 7.34. The number of aromatic amines is 1. The molecule has 0 bridgehead atoms. The Morgan fingerprint density at radius 2 is 2.05 bits per heavy atom. The third-order valence-corrected chi connectivity index (χ3v) is 3.48. The smallest absolute Gasteiger partial charge is 0.319 e. The minimum absolute atomic E-state index is 0.517. The van der Waals surface area contributed by atoms with E-state index in [9.17, 15) is 0 Å². The summed E-state index contributed by atoms with van der Waals surface area (Å²) in [6.07, 6.45) is 1.69. The molecule has 22 heavy (non-hydrogen) atoms. The predicted octanol–water partition coefficient (Wildman–Crippen LogP) is 2.01. The molecule has 1 N–H and O–H groups in total. The fourth-order valence-corrected chi connectivity index (χ4v) is 2.42. The molecule has 0 atom stereocenters. The van der Waals surface area contributed by atoms with Crippen molar-refractivity contribution in [2.45, 2.75) is 27.0 Å². The number of benzene rings is 1. The molecule has 0 saturated carbocycles. The number of H-pyrrole nitrogens is 1. The molecule has 1 aromatic carbocycles. The van der Waals surface area contributed by atoms with E-state index in [0.717, 1.165) is 29.2 Å². The van der Waals surface area contributed by atoms with E-state index in [4.69, 9.17) is 4.74 Å². The third kappa shape index (κ3) is 2.72. The second-order valence-electron chi connectivity index (χ2n) is 5.17. The second-order valence-corrected chi connectivity index (χ2v) is 5.17. The Morgan fingerprint density at radius 3 is 2.68 bits per heavy atom. The minimum atomic E-state index is 0.517. The van der Waals surface area contributed by atoms with Crippen molar-refractivity contribution >= 4 is 0 Å². The molecule has 0 amide bonds. The van der Waals surface area contributed by atoms with Gasteiger partial charge in [-0.25, -0.2) is 4.98 Å². The molecule has 2 aromatic heterocycles. The summed E-state index contributed by atoms with van der Waals surface area (Å²) >= 11 is 0. The highest BCUT2D eigenvalue weighted by molar-refractivity contribution is 5.56. The summed E-state index contributed by atoms with van der Waals surface area (Å²) < 4.78 is 9.76. The van der Waals surface area contributed by atoms with Crippen molar-refractivity contribution < 1.29 is 9.42 Å². The number of hydrogen-bond donors (Lipinski definition) is 1. The van der Waals surface area contributed by atoms with Gasteiger partial charge < -0.3 is 4.74 Å². The van der Waals surface area contributed by atoms with Crippen molar-refractivity contribution in [3.05, 3.63) is 47.9 Å².